The van der Waals surface area contributed by atoms with Crippen molar-refractivity contribution in [3.8, 4) is 11.8 Å². The summed E-state index contributed by atoms with van der Waals surface area (Å²) in [5.41, 5.74) is 0.824. The van der Waals surface area contributed by atoms with Crippen LogP contribution < -0.4 is 5.56 Å². The molecule has 3 nitrogen and oxygen atoms in total. The first kappa shape index (κ1) is 12.7. The number of aryl methyl sites for hydroxylation is 1. The molecule has 2 aromatic rings. The minimum atomic E-state index is -0.401. The van der Waals surface area contributed by atoms with E-state index in [2.05, 4.69) is 0 Å². The predicted molar refractivity (Wildman–Crippen MR) is 71.5 cm³/mol. The Morgan fingerprint density at radius 3 is 2.61 bits per heavy atom. The number of hydrogen-bond acceptors (Lipinski definition) is 2. The lowest BCUT2D eigenvalue weighted by Crippen LogP contribution is -2.23. The van der Waals surface area contributed by atoms with E-state index in [9.17, 15) is 4.79 Å². The zero-order valence-corrected chi connectivity index (χ0v) is 11.0. The van der Waals surface area contributed by atoms with Gasteiger partial charge in [-0.15, -0.1) is 0 Å². The Kier molecular flexibility index (Phi) is 3.42. The van der Waals surface area contributed by atoms with Crippen molar-refractivity contribution in [1.29, 1.82) is 5.26 Å². The average Bonchev–Trinajstić information content (AvgIpc) is 2.34. The van der Waals surface area contributed by atoms with Crippen molar-refractivity contribution in [2.75, 3.05) is 0 Å². The third-order valence-corrected chi connectivity index (χ3v) is 3.10. The van der Waals surface area contributed by atoms with Gasteiger partial charge in [-0.05, 0) is 37.3 Å². The third-order valence-electron chi connectivity index (χ3n) is 2.55. The fourth-order valence-electron chi connectivity index (χ4n) is 1.67. The molecule has 0 fully saturated rings. The summed E-state index contributed by atoms with van der Waals surface area (Å²) in [6, 6.07) is 9.89. The lowest BCUT2D eigenvalue weighted by molar-refractivity contribution is 0.928. The van der Waals surface area contributed by atoms with Crippen LogP contribution in [0.1, 0.15) is 11.3 Å². The normalized spacial score (nSPS) is 10.1. The van der Waals surface area contributed by atoms with Gasteiger partial charge in [-0.1, -0.05) is 23.2 Å². The molecule has 1 aromatic heterocycles. The summed E-state index contributed by atoms with van der Waals surface area (Å²) in [4.78, 5) is 12.1. The summed E-state index contributed by atoms with van der Waals surface area (Å²) in [6.07, 6.45) is 0. The van der Waals surface area contributed by atoms with Gasteiger partial charge in [-0.25, -0.2) is 0 Å². The minimum Gasteiger partial charge on any atom is -0.279 e. The standard InChI is InChI=1S/C13H8Cl2N2O/c1-8-2-3-9(7-16)13(18)17(8)12-6-10(14)4-5-11(12)15/h2-6H,1H3. The number of rotatable bonds is 1. The first-order chi connectivity index (χ1) is 8.54. The zero-order valence-electron chi connectivity index (χ0n) is 9.45. The van der Waals surface area contributed by atoms with Gasteiger partial charge in [-0.3, -0.25) is 9.36 Å². The molecule has 0 saturated heterocycles. The summed E-state index contributed by atoms with van der Waals surface area (Å²) in [5, 5.41) is 9.76. The van der Waals surface area contributed by atoms with Crippen molar-refractivity contribution < 1.29 is 0 Å². The molecule has 1 heterocycles. The molecule has 0 unspecified atom stereocenters. The quantitative estimate of drug-likeness (QED) is 0.803. The monoisotopic (exact) mass is 278 g/mol. The van der Waals surface area contributed by atoms with Crippen LogP contribution in [0.25, 0.3) is 5.69 Å². The Balaban J connectivity index is 2.83. The molecule has 0 atom stereocenters. The molecular weight excluding hydrogens is 271 g/mol. The first-order valence-electron chi connectivity index (χ1n) is 5.13. The Morgan fingerprint density at radius 2 is 1.94 bits per heavy atom. The predicted octanol–water partition coefficient (Wildman–Crippen LogP) is 3.32. The van der Waals surface area contributed by atoms with Crippen LogP contribution in [0.4, 0.5) is 0 Å². The van der Waals surface area contributed by atoms with Crippen molar-refractivity contribution in [1.82, 2.24) is 4.57 Å². The van der Waals surface area contributed by atoms with Gasteiger partial charge in [-0.2, -0.15) is 5.26 Å². The van der Waals surface area contributed by atoms with E-state index in [1.54, 1.807) is 31.2 Å². The summed E-state index contributed by atoms with van der Waals surface area (Å²) in [5.74, 6) is 0. The summed E-state index contributed by atoms with van der Waals surface area (Å²) < 4.78 is 1.38. The van der Waals surface area contributed by atoms with Crippen LogP contribution in [0.2, 0.25) is 10.0 Å². The van der Waals surface area contributed by atoms with E-state index in [0.717, 1.165) is 0 Å². The summed E-state index contributed by atoms with van der Waals surface area (Å²) in [7, 11) is 0. The van der Waals surface area contributed by atoms with Gasteiger partial charge in [0.25, 0.3) is 5.56 Å². The molecule has 0 spiro atoms. The molecule has 0 N–H and O–H groups in total. The largest absolute Gasteiger partial charge is 0.279 e. The molecule has 5 heteroatoms. The van der Waals surface area contributed by atoms with Crippen molar-refractivity contribution in [2.24, 2.45) is 0 Å². The molecule has 18 heavy (non-hydrogen) atoms. The van der Waals surface area contributed by atoms with Gasteiger partial charge in [0.15, 0.2) is 0 Å². The van der Waals surface area contributed by atoms with Crippen molar-refractivity contribution in [3.63, 3.8) is 0 Å². The van der Waals surface area contributed by atoms with E-state index >= 15 is 0 Å². The molecule has 90 valence electrons. The molecule has 0 aliphatic carbocycles. The van der Waals surface area contributed by atoms with Gasteiger partial charge in [0.05, 0.1) is 10.7 Å². The second-order valence-electron chi connectivity index (χ2n) is 3.74. The van der Waals surface area contributed by atoms with E-state index in [-0.39, 0.29) is 5.56 Å². The highest BCUT2D eigenvalue weighted by Crippen LogP contribution is 2.24. The Hall–Kier alpha value is -1.76. The van der Waals surface area contributed by atoms with Gasteiger partial charge < -0.3 is 0 Å². The van der Waals surface area contributed by atoms with Crippen LogP contribution in [-0.4, -0.2) is 4.57 Å². The second kappa shape index (κ2) is 4.85. The van der Waals surface area contributed by atoms with E-state index < -0.39 is 5.56 Å². The lowest BCUT2D eigenvalue weighted by Gasteiger charge is -2.12. The van der Waals surface area contributed by atoms with Crippen molar-refractivity contribution in [2.45, 2.75) is 6.92 Å². The third kappa shape index (κ3) is 2.13. The topological polar surface area (TPSA) is 45.8 Å². The van der Waals surface area contributed by atoms with Crippen LogP contribution in [0.15, 0.2) is 35.1 Å². The zero-order chi connectivity index (χ0) is 13.3. The van der Waals surface area contributed by atoms with E-state index in [1.165, 1.54) is 10.6 Å². The fraction of sp³-hybridized carbons (Fsp3) is 0.0769. The van der Waals surface area contributed by atoms with Crippen LogP contribution in [0.3, 0.4) is 0 Å². The Labute approximate surface area is 114 Å². The maximum absolute atomic E-state index is 12.1. The highest BCUT2D eigenvalue weighted by Gasteiger charge is 2.11. The minimum absolute atomic E-state index is 0.0663. The molecule has 0 aliphatic heterocycles. The number of halogens is 2. The van der Waals surface area contributed by atoms with Crippen molar-refractivity contribution >= 4 is 23.2 Å². The fourth-order valence-corrected chi connectivity index (χ4v) is 2.04. The number of nitrogens with zero attached hydrogens (tertiary/aromatic N) is 2. The maximum Gasteiger partial charge on any atom is 0.273 e. The molecule has 0 amide bonds. The van der Waals surface area contributed by atoms with Crippen molar-refractivity contribution in [3.05, 3.63) is 62.0 Å². The number of pyridine rings is 1. The lowest BCUT2D eigenvalue weighted by atomic mass is 10.2. The van der Waals surface area contributed by atoms with Crippen LogP contribution in [-0.2, 0) is 0 Å². The van der Waals surface area contributed by atoms with Gasteiger partial charge in [0.1, 0.15) is 11.6 Å². The van der Waals surface area contributed by atoms with E-state index in [1.807, 2.05) is 6.07 Å². The smallest absolute Gasteiger partial charge is 0.273 e. The van der Waals surface area contributed by atoms with E-state index in [4.69, 9.17) is 28.5 Å². The Morgan fingerprint density at radius 1 is 1.22 bits per heavy atom. The number of benzene rings is 1. The second-order valence-corrected chi connectivity index (χ2v) is 4.58. The highest BCUT2D eigenvalue weighted by molar-refractivity contribution is 6.34. The molecule has 0 saturated carbocycles. The molecule has 2 rings (SSSR count). The summed E-state index contributed by atoms with van der Waals surface area (Å²) in [6.45, 7) is 1.76. The molecular formula is C13H8Cl2N2O. The highest BCUT2D eigenvalue weighted by atomic mass is 35.5. The summed E-state index contributed by atoms with van der Waals surface area (Å²) >= 11 is 12.0. The molecule has 0 bridgehead atoms. The Bertz CT molecular complexity index is 714. The average molecular weight is 279 g/mol. The van der Waals surface area contributed by atoms with E-state index in [0.29, 0.717) is 21.4 Å². The SMILES string of the molecule is Cc1ccc(C#N)c(=O)n1-c1cc(Cl)ccc1Cl. The van der Waals surface area contributed by atoms with Crippen LogP contribution in [0.5, 0.6) is 0 Å². The van der Waals surface area contributed by atoms with Crippen LogP contribution >= 0.6 is 23.2 Å². The van der Waals surface area contributed by atoms with Gasteiger partial charge in [0, 0.05) is 10.7 Å². The van der Waals surface area contributed by atoms with Gasteiger partial charge in [0.2, 0.25) is 0 Å². The van der Waals surface area contributed by atoms with Crippen LogP contribution in [0, 0.1) is 18.3 Å². The molecule has 0 aliphatic rings. The maximum atomic E-state index is 12.1. The van der Waals surface area contributed by atoms with Gasteiger partial charge >= 0.3 is 0 Å². The number of hydrogen-bond donors (Lipinski definition) is 0. The molecule has 1 aromatic carbocycles. The number of aromatic nitrogens is 1. The first-order valence-corrected chi connectivity index (χ1v) is 5.88. The number of nitriles is 1. The molecule has 0 radical (unpaired) electrons.